The fourth-order valence-corrected chi connectivity index (χ4v) is 2.19. The van der Waals surface area contributed by atoms with Crippen LogP contribution in [0.3, 0.4) is 0 Å². The van der Waals surface area contributed by atoms with Gasteiger partial charge in [0.2, 0.25) is 0 Å². The van der Waals surface area contributed by atoms with Gasteiger partial charge in [0.15, 0.2) is 5.76 Å². The SMILES string of the molecule is CC(CN(C)C(=O)NCc1ccc(NC(=O)c2ccco2)cc1)C(=O)O. The van der Waals surface area contributed by atoms with Crippen molar-refractivity contribution < 1.29 is 23.9 Å². The fraction of sp³-hybridized carbons (Fsp3) is 0.278. The van der Waals surface area contributed by atoms with Crippen molar-refractivity contribution in [1.29, 1.82) is 0 Å². The Morgan fingerprint density at radius 2 is 1.88 bits per heavy atom. The highest BCUT2D eigenvalue weighted by molar-refractivity contribution is 6.02. The van der Waals surface area contributed by atoms with E-state index in [9.17, 15) is 14.4 Å². The summed E-state index contributed by atoms with van der Waals surface area (Å²) in [5.41, 5.74) is 1.45. The first-order chi connectivity index (χ1) is 12.4. The zero-order chi connectivity index (χ0) is 19.1. The minimum Gasteiger partial charge on any atom is -0.481 e. The number of urea groups is 1. The standard InChI is InChI=1S/C18H21N3O5/c1-12(17(23)24)11-21(2)18(25)19-10-13-5-7-14(8-6-13)20-16(22)15-4-3-9-26-15/h3-9,12H,10-11H2,1-2H3,(H,19,25)(H,20,22)(H,23,24). The smallest absolute Gasteiger partial charge is 0.317 e. The molecule has 138 valence electrons. The predicted molar refractivity (Wildman–Crippen MR) is 94.8 cm³/mol. The number of furan rings is 1. The molecule has 8 nitrogen and oxygen atoms in total. The van der Waals surface area contributed by atoms with Crippen molar-refractivity contribution in [3.8, 4) is 0 Å². The van der Waals surface area contributed by atoms with Gasteiger partial charge in [0.05, 0.1) is 12.2 Å². The lowest BCUT2D eigenvalue weighted by Gasteiger charge is -2.20. The van der Waals surface area contributed by atoms with Gasteiger partial charge in [-0.05, 0) is 29.8 Å². The fourth-order valence-electron chi connectivity index (χ4n) is 2.19. The van der Waals surface area contributed by atoms with Gasteiger partial charge in [-0.25, -0.2) is 4.79 Å². The number of nitrogens with one attached hydrogen (secondary N) is 2. The first-order valence-corrected chi connectivity index (χ1v) is 8.02. The molecule has 0 saturated carbocycles. The van der Waals surface area contributed by atoms with Crippen molar-refractivity contribution in [3.63, 3.8) is 0 Å². The van der Waals surface area contributed by atoms with E-state index in [0.29, 0.717) is 5.69 Å². The molecule has 26 heavy (non-hydrogen) atoms. The molecule has 0 aliphatic carbocycles. The normalized spacial score (nSPS) is 11.5. The molecule has 1 heterocycles. The van der Waals surface area contributed by atoms with Gasteiger partial charge in [-0.3, -0.25) is 9.59 Å². The summed E-state index contributed by atoms with van der Waals surface area (Å²) in [4.78, 5) is 36.0. The highest BCUT2D eigenvalue weighted by Gasteiger charge is 2.17. The Morgan fingerprint density at radius 1 is 1.19 bits per heavy atom. The van der Waals surface area contributed by atoms with Crippen LogP contribution in [0.5, 0.6) is 0 Å². The second kappa shape index (κ2) is 8.70. The molecule has 2 rings (SSSR count). The second-order valence-corrected chi connectivity index (χ2v) is 5.91. The molecule has 0 aliphatic rings. The van der Waals surface area contributed by atoms with Crippen molar-refractivity contribution in [3.05, 3.63) is 54.0 Å². The molecule has 1 aromatic heterocycles. The summed E-state index contributed by atoms with van der Waals surface area (Å²) in [6.07, 6.45) is 1.43. The van der Waals surface area contributed by atoms with E-state index in [1.807, 2.05) is 0 Å². The van der Waals surface area contributed by atoms with Crippen LogP contribution in [0.25, 0.3) is 0 Å². The lowest BCUT2D eigenvalue weighted by atomic mass is 10.2. The zero-order valence-electron chi connectivity index (χ0n) is 14.6. The molecular formula is C18H21N3O5. The van der Waals surface area contributed by atoms with Crippen LogP contribution in [0.2, 0.25) is 0 Å². The minimum atomic E-state index is -0.947. The number of carboxylic acids is 1. The third-order valence-electron chi connectivity index (χ3n) is 3.72. The van der Waals surface area contributed by atoms with Crippen molar-refractivity contribution in [2.24, 2.45) is 5.92 Å². The molecule has 0 spiro atoms. The van der Waals surface area contributed by atoms with Crippen LogP contribution >= 0.6 is 0 Å². The Labute approximate surface area is 150 Å². The van der Waals surface area contributed by atoms with E-state index in [1.165, 1.54) is 11.2 Å². The maximum absolute atomic E-state index is 12.0. The number of carboxylic acid groups (broad SMARTS) is 1. The number of hydrogen-bond donors (Lipinski definition) is 3. The maximum atomic E-state index is 12.0. The van der Waals surface area contributed by atoms with Crippen LogP contribution in [-0.2, 0) is 11.3 Å². The summed E-state index contributed by atoms with van der Waals surface area (Å²) < 4.78 is 5.02. The van der Waals surface area contributed by atoms with Crippen molar-refractivity contribution in [2.45, 2.75) is 13.5 Å². The van der Waals surface area contributed by atoms with Gasteiger partial charge in [0.25, 0.3) is 5.91 Å². The largest absolute Gasteiger partial charge is 0.481 e. The zero-order valence-corrected chi connectivity index (χ0v) is 14.6. The van der Waals surface area contributed by atoms with Gasteiger partial charge in [-0.2, -0.15) is 0 Å². The number of hydrogen-bond acceptors (Lipinski definition) is 4. The van der Waals surface area contributed by atoms with Gasteiger partial charge in [-0.1, -0.05) is 19.1 Å². The van der Waals surface area contributed by atoms with E-state index in [1.54, 1.807) is 50.4 Å². The molecule has 1 unspecified atom stereocenters. The van der Waals surface area contributed by atoms with Gasteiger partial charge in [-0.15, -0.1) is 0 Å². The molecule has 1 aromatic carbocycles. The van der Waals surface area contributed by atoms with E-state index in [-0.39, 0.29) is 30.8 Å². The average molecular weight is 359 g/mol. The summed E-state index contributed by atoms with van der Waals surface area (Å²) in [6, 6.07) is 9.84. The Balaban J connectivity index is 1.82. The van der Waals surface area contributed by atoms with Crippen molar-refractivity contribution in [2.75, 3.05) is 18.9 Å². The molecule has 0 aliphatic heterocycles. The first-order valence-electron chi connectivity index (χ1n) is 8.02. The summed E-state index contributed by atoms with van der Waals surface area (Å²) >= 11 is 0. The van der Waals surface area contributed by atoms with Crippen LogP contribution < -0.4 is 10.6 Å². The van der Waals surface area contributed by atoms with Gasteiger partial charge < -0.3 is 25.1 Å². The molecule has 2 aromatic rings. The van der Waals surface area contributed by atoms with Crippen LogP contribution in [0.4, 0.5) is 10.5 Å². The van der Waals surface area contributed by atoms with Gasteiger partial charge in [0, 0.05) is 25.8 Å². The van der Waals surface area contributed by atoms with E-state index >= 15 is 0 Å². The predicted octanol–water partition coefficient (Wildman–Crippen LogP) is 2.39. The highest BCUT2D eigenvalue weighted by Crippen LogP contribution is 2.12. The lowest BCUT2D eigenvalue weighted by Crippen LogP contribution is -2.40. The summed E-state index contributed by atoms with van der Waals surface area (Å²) in [5.74, 6) is -1.70. The van der Waals surface area contributed by atoms with Gasteiger partial charge >= 0.3 is 12.0 Å². The number of anilines is 1. The van der Waals surface area contributed by atoms with E-state index < -0.39 is 11.9 Å². The number of rotatable bonds is 7. The molecule has 0 saturated heterocycles. The third kappa shape index (κ3) is 5.37. The monoisotopic (exact) mass is 359 g/mol. The second-order valence-electron chi connectivity index (χ2n) is 5.91. The first kappa shape index (κ1) is 19.0. The van der Waals surface area contributed by atoms with E-state index in [4.69, 9.17) is 9.52 Å². The lowest BCUT2D eigenvalue weighted by molar-refractivity contribution is -0.141. The molecule has 0 radical (unpaired) electrons. The van der Waals surface area contributed by atoms with E-state index in [0.717, 1.165) is 5.56 Å². The molecule has 3 N–H and O–H groups in total. The minimum absolute atomic E-state index is 0.124. The van der Waals surface area contributed by atoms with Crippen molar-refractivity contribution in [1.82, 2.24) is 10.2 Å². The Morgan fingerprint density at radius 3 is 2.46 bits per heavy atom. The van der Waals surface area contributed by atoms with Crippen LogP contribution in [0.15, 0.2) is 47.1 Å². The number of amides is 3. The third-order valence-corrected chi connectivity index (χ3v) is 3.72. The molecule has 0 bridgehead atoms. The summed E-state index contributed by atoms with van der Waals surface area (Å²) in [7, 11) is 1.54. The quantitative estimate of drug-likeness (QED) is 0.703. The maximum Gasteiger partial charge on any atom is 0.317 e. The Kier molecular flexibility index (Phi) is 6.37. The van der Waals surface area contributed by atoms with E-state index in [2.05, 4.69) is 10.6 Å². The van der Waals surface area contributed by atoms with Crippen LogP contribution in [0.1, 0.15) is 23.0 Å². The topological polar surface area (TPSA) is 112 Å². The molecule has 3 amide bonds. The number of nitrogens with zero attached hydrogens (tertiary/aromatic N) is 1. The number of carbonyl (C=O) groups is 3. The Bertz CT molecular complexity index is 756. The Hall–Kier alpha value is -3.29. The van der Waals surface area contributed by atoms with Crippen LogP contribution in [-0.4, -0.2) is 41.5 Å². The molecule has 1 atom stereocenters. The number of aliphatic carboxylic acids is 1. The van der Waals surface area contributed by atoms with Crippen LogP contribution in [0, 0.1) is 5.92 Å². The number of benzene rings is 1. The summed E-state index contributed by atoms with van der Waals surface area (Å²) in [5, 5.41) is 14.3. The molecule has 8 heteroatoms. The average Bonchev–Trinajstić information content (AvgIpc) is 3.15. The molecule has 0 fully saturated rings. The number of carbonyl (C=O) groups excluding carboxylic acids is 2. The van der Waals surface area contributed by atoms with Crippen molar-refractivity contribution >= 4 is 23.6 Å². The summed E-state index contributed by atoms with van der Waals surface area (Å²) in [6.45, 7) is 1.96. The molecular weight excluding hydrogens is 338 g/mol. The highest BCUT2D eigenvalue weighted by atomic mass is 16.4. The van der Waals surface area contributed by atoms with Gasteiger partial charge in [0.1, 0.15) is 0 Å².